The Morgan fingerprint density at radius 3 is 2.19 bits per heavy atom. The summed E-state index contributed by atoms with van der Waals surface area (Å²) in [6, 6.07) is 6.84. The first-order chi connectivity index (χ1) is 7.39. The Bertz CT molecular complexity index is 363. The van der Waals surface area contributed by atoms with Crippen LogP contribution in [0.3, 0.4) is 0 Å². The third kappa shape index (κ3) is 2.42. The molecule has 88 valence electrons. The maximum absolute atomic E-state index is 11.2. The number of hydrogen-bond donors (Lipinski definition) is 1. The van der Waals surface area contributed by atoms with E-state index < -0.39 is 5.60 Å². The number of carbonyl (C=O) groups is 1. The molecule has 0 amide bonds. The van der Waals surface area contributed by atoms with Crippen molar-refractivity contribution in [3.8, 4) is 0 Å². The van der Waals surface area contributed by atoms with E-state index in [1.54, 1.807) is 31.2 Å². The van der Waals surface area contributed by atoms with Crippen LogP contribution >= 0.6 is 0 Å². The maximum Gasteiger partial charge on any atom is 0.337 e. The fraction of sp³-hybridized carbons (Fsp3) is 0.462. The smallest absolute Gasteiger partial charge is 0.337 e. The fourth-order valence-electron chi connectivity index (χ4n) is 1.39. The van der Waals surface area contributed by atoms with Crippen LogP contribution in [0.4, 0.5) is 0 Å². The molecule has 0 saturated heterocycles. The van der Waals surface area contributed by atoms with Crippen LogP contribution in [-0.4, -0.2) is 18.2 Å². The minimum atomic E-state index is -0.880. The van der Waals surface area contributed by atoms with E-state index in [0.29, 0.717) is 5.56 Å². The zero-order chi connectivity index (χ0) is 12.3. The van der Waals surface area contributed by atoms with Gasteiger partial charge in [-0.25, -0.2) is 4.79 Å². The van der Waals surface area contributed by atoms with E-state index >= 15 is 0 Å². The number of carbonyl (C=O) groups excluding carboxylic acids is 1. The highest BCUT2D eigenvalue weighted by Gasteiger charge is 2.27. The second kappa shape index (κ2) is 4.66. The van der Waals surface area contributed by atoms with Crippen LogP contribution in [0.2, 0.25) is 0 Å². The van der Waals surface area contributed by atoms with Crippen molar-refractivity contribution in [3.05, 3.63) is 35.4 Å². The van der Waals surface area contributed by atoms with Gasteiger partial charge < -0.3 is 9.84 Å². The highest BCUT2D eigenvalue weighted by atomic mass is 16.5. The van der Waals surface area contributed by atoms with Crippen molar-refractivity contribution < 1.29 is 14.6 Å². The molecular formula is C13H18O3. The number of rotatable bonds is 3. The number of aliphatic hydroxyl groups is 1. The van der Waals surface area contributed by atoms with Gasteiger partial charge in [0.05, 0.1) is 18.3 Å². The zero-order valence-electron chi connectivity index (χ0n) is 10.2. The fourth-order valence-corrected chi connectivity index (χ4v) is 1.39. The summed E-state index contributed by atoms with van der Waals surface area (Å²) in [6.45, 7) is 5.67. The Balaban J connectivity index is 2.99. The summed E-state index contributed by atoms with van der Waals surface area (Å²) in [7, 11) is 1.35. The van der Waals surface area contributed by atoms with Gasteiger partial charge in [0.1, 0.15) is 0 Å². The molecule has 16 heavy (non-hydrogen) atoms. The lowest BCUT2D eigenvalue weighted by Gasteiger charge is -2.28. The van der Waals surface area contributed by atoms with Gasteiger partial charge in [-0.1, -0.05) is 26.0 Å². The Morgan fingerprint density at radius 1 is 1.31 bits per heavy atom. The van der Waals surface area contributed by atoms with Crippen molar-refractivity contribution in [2.75, 3.05) is 7.11 Å². The van der Waals surface area contributed by atoms with Crippen LogP contribution in [0.1, 0.15) is 36.7 Å². The molecule has 3 heteroatoms. The first kappa shape index (κ1) is 12.7. The third-order valence-corrected chi connectivity index (χ3v) is 3.01. The molecule has 1 rings (SSSR count). The third-order valence-electron chi connectivity index (χ3n) is 3.01. The Kier molecular flexibility index (Phi) is 3.70. The van der Waals surface area contributed by atoms with Crippen LogP contribution < -0.4 is 0 Å². The first-order valence-electron chi connectivity index (χ1n) is 5.30. The minimum absolute atomic E-state index is 0.108. The van der Waals surface area contributed by atoms with E-state index in [4.69, 9.17) is 0 Å². The van der Waals surface area contributed by atoms with Gasteiger partial charge in [0.25, 0.3) is 0 Å². The van der Waals surface area contributed by atoms with Crippen LogP contribution in [-0.2, 0) is 10.3 Å². The number of esters is 1. The first-order valence-corrected chi connectivity index (χ1v) is 5.30. The molecule has 0 radical (unpaired) electrons. The summed E-state index contributed by atoms with van der Waals surface area (Å²) in [4.78, 5) is 11.2. The monoisotopic (exact) mass is 222 g/mol. The standard InChI is InChI=1S/C13H18O3/c1-9(2)13(3,15)11-7-5-10(6-8-11)12(14)16-4/h5-9,15H,1-4H3/t13-/m1/s1. The van der Waals surface area contributed by atoms with E-state index in [1.165, 1.54) is 7.11 Å². The lowest BCUT2D eigenvalue weighted by molar-refractivity contribution is 0.00899. The molecule has 0 aliphatic heterocycles. The maximum atomic E-state index is 11.2. The average molecular weight is 222 g/mol. The quantitative estimate of drug-likeness (QED) is 0.798. The minimum Gasteiger partial charge on any atom is -0.465 e. The normalized spacial score (nSPS) is 14.6. The van der Waals surface area contributed by atoms with Gasteiger partial charge in [-0.15, -0.1) is 0 Å². The molecule has 0 aliphatic rings. The molecule has 0 bridgehead atoms. The number of hydrogen-bond acceptors (Lipinski definition) is 3. The van der Waals surface area contributed by atoms with E-state index in [9.17, 15) is 9.90 Å². The predicted octanol–water partition coefficient (Wildman–Crippen LogP) is 2.34. The van der Waals surface area contributed by atoms with Crippen molar-refractivity contribution in [2.45, 2.75) is 26.4 Å². The van der Waals surface area contributed by atoms with Gasteiger partial charge >= 0.3 is 5.97 Å². The van der Waals surface area contributed by atoms with E-state index in [1.807, 2.05) is 13.8 Å². The highest BCUT2D eigenvalue weighted by Crippen LogP contribution is 2.28. The van der Waals surface area contributed by atoms with Crippen molar-refractivity contribution >= 4 is 5.97 Å². The Morgan fingerprint density at radius 2 is 1.81 bits per heavy atom. The Hall–Kier alpha value is -1.35. The molecule has 0 fully saturated rings. The van der Waals surface area contributed by atoms with Gasteiger partial charge in [0.2, 0.25) is 0 Å². The van der Waals surface area contributed by atoms with Crippen LogP contribution in [0.15, 0.2) is 24.3 Å². The molecule has 1 atom stereocenters. The summed E-state index contributed by atoms with van der Waals surface area (Å²) in [6.07, 6.45) is 0. The molecule has 0 heterocycles. The molecule has 0 aromatic heterocycles. The lowest BCUT2D eigenvalue weighted by atomic mass is 9.85. The second-order valence-corrected chi connectivity index (χ2v) is 4.37. The molecule has 3 nitrogen and oxygen atoms in total. The lowest BCUT2D eigenvalue weighted by Crippen LogP contribution is -2.27. The highest BCUT2D eigenvalue weighted by molar-refractivity contribution is 5.89. The molecule has 1 N–H and O–H groups in total. The second-order valence-electron chi connectivity index (χ2n) is 4.37. The summed E-state index contributed by atoms with van der Waals surface area (Å²) in [5.74, 6) is -0.257. The van der Waals surface area contributed by atoms with Gasteiger partial charge in [0, 0.05) is 0 Å². The molecule has 0 saturated carbocycles. The molecule has 1 aromatic carbocycles. The molecule has 0 spiro atoms. The van der Waals surface area contributed by atoms with Crippen molar-refractivity contribution in [1.29, 1.82) is 0 Å². The van der Waals surface area contributed by atoms with Crippen molar-refractivity contribution in [2.24, 2.45) is 5.92 Å². The Labute approximate surface area is 96.1 Å². The van der Waals surface area contributed by atoms with E-state index in [-0.39, 0.29) is 11.9 Å². The van der Waals surface area contributed by atoms with Crippen LogP contribution in [0, 0.1) is 5.92 Å². The number of benzene rings is 1. The van der Waals surface area contributed by atoms with E-state index in [2.05, 4.69) is 4.74 Å². The largest absolute Gasteiger partial charge is 0.465 e. The topological polar surface area (TPSA) is 46.5 Å². The molecular weight excluding hydrogens is 204 g/mol. The van der Waals surface area contributed by atoms with Gasteiger partial charge in [-0.05, 0) is 30.5 Å². The summed E-state index contributed by atoms with van der Waals surface area (Å²) in [5.41, 5.74) is 0.412. The predicted molar refractivity (Wildman–Crippen MR) is 62.2 cm³/mol. The molecule has 0 unspecified atom stereocenters. The average Bonchev–Trinajstić information content (AvgIpc) is 2.28. The van der Waals surface area contributed by atoms with Gasteiger partial charge in [-0.3, -0.25) is 0 Å². The van der Waals surface area contributed by atoms with Gasteiger partial charge in [0.15, 0.2) is 0 Å². The number of methoxy groups -OCH3 is 1. The van der Waals surface area contributed by atoms with Crippen LogP contribution in [0.5, 0.6) is 0 Å². The van der Waals surface area contributed by atoms with E-state index in [0.717, 1.165) is 5.56 Å². The SMILES string of the molecule is COC(=O)c1ccc([C@](C)(O)C(C)C)cc1. The number of ether oxygens (including phenoxy) is 1. The van der Waals surface area contributed by atoms with Gasteiger partial charge in [-0.2, -0.15) is 0 Å². The zero-order valence-corrected chi connectivity index (χ0v) is 10.2. The molecule has 0 aliphatic carbocycles. The van der Waals surface area contributed by atoms with Crippen LogP contribution in [0.25, 0.3) is 0 Å². The summed E-state index contributed by atoms with van der Waals surface area (Å²) in [5, 5.41) is 10.2. The summed E-state index contributed by atoms with van der Waals surface area (Å²) < 4.78 is 4.61. The van der Waals surface area contributed by atoms with Crippen molar-refractivity contribution in [1.82, 2.24) is 0 Å². The van der Waals surface area contributed by atoms with Crippen molar-refractivity contribution in [3.63, 3.8) is 0 Å². The molecule has 1 aromatic rings. The summed E-state index contributed by atoms with van der Waals surface area (Å²) >= 11 is 0.